The number of rotatable bonds is 3. The first kappa shape index (κ1) is 14.2. The average Bonchev–Trinajstić information content (AvgIpc) is 3.23. The summed E-state index contributed by atoms with van der Waals surface area (Å²) in [6, 6.07) is 15.2. The van der Waals surface area contributed by atoms with Gasteiger partial charge in [-0.3, -0.25) is 9.36 Å². The maximum absolute atomic E-state index is 12.6. The van der Waals surface area contributed by atoms with Gasteiger partial charge in [-0.05, 0) is 37.3 Å². The van der Waals surface area contributed by atoms with Gasteiger partial charge in [0, 0.05) is 17.3 Å². The van der Waals surface area contributed by atoms with Crippen molar-refractivity contribution in [3.8, 4) is 5.69 Å². The predicted molar refractivity (Wildman–Crippen MR) is 92.3 cm³/mol. The van der Waals surface area contributed by atoms with E-state index in [0.29, 0.717) is 11.3 Å². The summed E-state index contributed by atoms with van der Waals surface area (Å²) in [6.45, 7) is 1.88. The van der Waals surface area contributed by atoms with Gasteiger partial charge in [0.1, 0.15) is 12.2 Å². The summed E-state index contributed by atoms with van der Waals surface area (Å²) in [5, 5.41) is 11.8. The maximum Gasteiger partial charge on any atom is 0.257 e. The zero-order valence-corrected chi connectivity index (χ0v) is 13.0. The van der Waals surface area contributed by atoms with Crippen LogP contribution in [0.1, 0.15) is 16.2 Å². The largest absolute Gasteiger partial charge is 0.361 e. The van der Waals surface area contributed by atoms with Crippen LogP contribution in [0.5, 0.6) is 0 Å². The second-order valence-electron chi connectivity index (χ2n) is 5.50. The Balaban J connectivity index is 1.65. The monoisotopic (exact) mass is 317 g/mol. The second kappa shape index (κ2) is 5.66. The number of aromatic amines is 1. The average molecular weight is 317 g/mol. The quantitative estimate of drug-likeness (QED) is 0.608. The number of benzene rings is 2. The number of H-pyrrole nitrogens is 1. The lowest BCUT2D eigenvalue weighted by Gasteiger charge is -2.09. The number of anilines is 1. The van der Waals surface area contributed by atoms with Crippen molar-refractivity contribution in [2.24, 2.45) is 0 Å². The molecule has 6 nitrogen and oxygen atoms in total. The van der Waals surface area contributed by atoms with Gasteiger partial charge in [0.15, 0.2) is 0 Å². The SMILES string of the molecule is Cc1nncn1-c1cccc(NC(=O)c2cccc3cc[nH]c23)c1. The molecule has 0 aliphatic rings. The Morgan fingerprint density at radius 3 is 2.88 bits per heavy atom. The van der Waals surface area contributed by atoms with Gasteiger partial charge < -0.3 is 10.3 Å². The Kier molecular flexibility index (Phi) is 3.35. The zero-order valence-electron chi connectivity index (χ0n) is 13.0. The minimum absolute atomic E-state index is 0.152. The van der Waals surface area contributed by atoms with Gasteiger partial charge in [-0.1, -0.05) is 18.2 Å². The molecule has 0 bridgehead atoms. The summed E-state index contributed by atoms with van der Waals surface area (Å²) in [6.07, 6.45) is 3.48. The Morgan fingerprint density at radius 1 is 1.17 bits per heavy atom. The molecule has 0 aliphatic heterocycles. The van der Waals surface area contributed by atoms with Gasteiger partial charge in [-0.2, -0.15) is 0 Å². The molecular formula is C18H15N5O. The van der Waals surface area contributed by atoms with E-state index in [9.17, 15) is 4.79 Å². The lowest BCUT2D eigenvalue weighted by atomic mass is 10.1. The highest BCUT2D eigenvalue weighted by Crippen LogP contribution is 2.20. The molecule has 0 unspecified atom stereocenters. The first-order valence-corrected chi connectivity index (χ1v) is 7.57. The van der Waals surface area contributed by atoms with Crippen molar-refractivity contribution in [2.45, 2.75) is 6.92 Å². The Morgan fingerprint density at radius 2 is 2.04 bits per heavy atom. The molecule has 0 atom stereocenters. The Hall–Kier alpha value is -3.41. The third-order valence-electron chi connectivity index (χ3n) is 3.93. The number of para-hydroxylation sites is 1. The second-order valence-corrected chi connectivity index (χ2v) is 5.50. The maximum atomic E-state index is 12.6. The highest BCUT2D eigenvalue weighted by molar-refractivity contribution is 6.12. The van der Waals surface area contributed by atoms with Crippen molar-refractivity contribution in [1.82, 2.24) is 19.7 Å². The van der Waals surface area contributed by atoms with Crippen LogP contribution < -0.4 is 5.32 Å². The number of aryl methyl sites for hydroxylation is 1. The Labute approximate surface area is 138 Å². The van der Waals surface area contributed by atoms with Gasteiger partial charge in [-0.15, -0.1) is 10.2 Å². The molecule has 4 aromatic rings. The lowest BCUT2D eigenvalue weighted by Crippen LogP contribution is -2.12. The normalized spacial score (nSPS) is 10.9. The van der Waals surface area contributed by atoms with Crippen LogP contribution in [0.2, 0.25) is 0 Å². The van der Waals surface area contributed by atoms with E-state index in [-0.39, 0.29) is 5.91 Å². The van der Waals surface area contributed by atoms with Crippen molar-refractivity contribution >= 4 is 22.5 Å². The molecule has 118 valence electrons. The summed E-state index contributed by atoms with van der Waals surface area (Å²) < 4.78 is 1.86. The van der Waals surface area contributed by atoms with Crippen LogP contribution in [0.3, 0.4) is 0 Å². The number of fused-ring (bicyclic) bond motifs is 1. The number of carbonyl (C=O) groups is 1. The summed E-state index contributed by atoms with van der Waals surface area (Å²) in [7, 11) is 0. The first-order valence-electron chi connectivity index (χ1n) is 7.57. The third kappa shape index (κ3) is 2.44. The van der Waals surface area contributed by atoms with E-state index in [1.807, 2.05) is 66.2 Å². The molecule has 1 amide bonds. The van der Waals surface area contributed by atoms with E-state index < -0.39 is 0 Å². The molecule has 2 aromatic carbocycles. The van der Waals surface area contributed by atoms with Crippen LogP contribution in [-0.2, 0) is 0 Å². The van der Waals surface area contributed by atoms with Crippen molar-refractivity contribution < 1.29 is 4.79 Å². The molecule has 0 radical (unpaired) electrons. The van der Waals surface area contributed by atoms with Gasteiger partial charge in [-0.25, -0.2) is 0 Å². The molecular weight excluding hydrogens is 302 g/mol. The van der Waals surface area contributed by atoms with Crippen LogP contribution in [0.4, 0.5) is 5.69 Å². The highest BCUT2D eigenvalue weighted by atomic mass is 16.1. The molecule has 2 N–H and O–H groups in total. The highest BCUT2D eigenvalue weighted by Gasteiger charge is 2.11. The number of nitrogens with zero attached hydrogens (tertiary/aromatic N) is 3. The molecule has 0 fully saturated rings. The molecule has 0 saturated heterocycles. The van der Waals surface area contributed by atoms with Gasteiger partial charge in [0.2, 0.25) is 0 Å². The minimum atomic E-state index is -0.152. The molecule has 2 aromatic heterocycles. The lowest BCUT2D eigenvalue weighted by molar-refractivity contribution is 0.102. The minimum Gasteiger partial charge on any atom is -0.361 e. The van der Waals surface area contributed by atoms with E-state index in [2.05, 4.69) is 20.5 Å². The zero-order chi connectivity index (χ0) is 16.5. The van der Waals surface area contributed by atoms with Crippen LogP contribution in [-0.4, -0.2) is 25.7 Å². The summed E-state index contributed by atoms with van der Waals surface area (Å²) in [5.41, 5.74) is 3.06. The standard InChI is InChI=1S/C18H15N5O/c1-12-22-20-11-23(12)15-6-3-5-14(10-15)21-18(24)16-7-2-4-13-8-9-19-17(13)16/h2-11,19H,1H3,(H,21,24). The number of aromatic nitrogens is 4. The predicted octanol–water partition coefficient (Wildman–Crippen LogP) is 3.31. The third-order valence-corrected chi connectivity index (χ3v) is 3.93. The van der Waals surface area contributed by atoms with Crippen LogP contribution >= 0.6 is 0 Å². The van der Waals surface area contributed by atoms with Crippen LogP contribution in [0, 0.1) is 6.92 Å². The fraction of sp³-hybridized carbons (Fsp3) is 0.0556. The van der Waals surface area contributed by atoms with Crippen molar-refractivity contribution in [3.05, 3.63) is 72.4 Å². The molecule has 6 heteroatoms. The van der Waals surface area contributed by atoms with Crippen molar-refractivity contribution in [2.75, 3.05) is 5.32 Å². The van der Waals surface area contributed by atoms with Gasteiger partial charge in [0.25, 0.3) is 5.91 Å². The van der Waals surface area contributed by atoms with Crippen molar-refractivity contribution in [1.29, 1.82) is 0 Å². The fourth-order valence-corrected chi connectivity index (χ4v) is 2.75. The van der Waals surface area contributed by atoms with Crippen LogP contribution in [0.15, 0.2) is 61.1 Å². The summed E-state index contributed by atoms with van der Waals surface area (Å²) >= 11 is 0. The van der Waals surface area contributed by atoms with E-state index in [1.165, 1.54) is 0 Å². The molecule has 2 heterocycles. The molecule has 0 aliphatic carbocycles. The molecule has 0 spiro atoms. The number of hydrogen-bond acceptors (Lipinski definition) is 3. The smallest absolute Gasteiger partial charge is 0.257 e. The van der Waals surface area contributed by atoms with Gasteiger partial charge in [0.05, 0.1) is 16.8 Å². The topological polar surface area (TPSA) is 75.6 Å². The molecule has 0 saturated carbocycles. The van der Waals surface area contributed by atoms with E-state index >= 15 is 0 Å². The molecule has 24 heavy (non-hydrogen) atoms. The summed E-state index contributed by atoms with van der Waals surface area (Å²) in [4.78, 5) is 15.7. The van der Waals surface area contributed by atoms with E-state index in [1.54, 1.807) is 6.33 Å². The fourth-order valence-electron chi connectivity index (χ4n) is 2.75. The summed E-state index contributed by atoms with van der Waals surface area (Å²) in [5.74, 6) is 0.635. The number of amides is 1. The first-order chi connectivity index (χ1) is 11.7. The number of hydrogen-bond donors (Lipinski definition) is 2. The van der Waals surface area contributed by atoms with Crippen molar-refractivity contribution in [3.63, 3.8) is 0 Å². The van der Waals surface area contributed by atoms with Gasteiger partial charge >= 0.3 is 0 Å². The number of nitrogens with one attached hydrogen (secondary N) is 2. The van der Waals surface area contributed by atoms with Crippen LogP contribution in [0.25, 0.3) is 16.6 Å². The van der Waals surface area contributed by atoms with E-state index in [0.717, 1.165) is 22.4 Å². The molecule has 4 rings (SSSR count). The Bertz CT molecular complexity index is 1030. The van der Waals surface area contributed by atoms with E-state index in [4.69, 9.17) is 0 Å². The number of carbonyl (C=O) groups excluding carboxylic acids is 1.